The Morgan fingerprint density at radius 3 is 3.00 bits per heavy atom. The van der Waals surface area contributed by atoms with Crippen molar-refractivity contribution >= 4 is 25.5 Å². The standard InChI is InChI=1S/C5H9INO2/c1-6-7(8)5-3-2-4-9-5/h5H,1-4H2/q-1. The molecule has 0 aromatic rings. The van der Waals surface area contributed by atoms with E-state index in [2.05, 4.69) is 4.51 Å². The minimum absolute atomic E-state index is 0.157. The van der Waals surface area contributed by atoms with Gasteiger partial charge in [0.1, 0.15) is 6.23 Å². The third-order valence-corrected chi connectivity index (χ3v) is 2.54. The average Bonchev–Trinajstić information content (AvgIpc) is 2.37. The average molecular weight is 242 g/mol. The fourth-order valence-corrected chi connectivity index (χ4v) is 1.68. The van der Waals surface area contributed by atoms with Crippen molar-refractivity contribution in [2.24, 2.45) is 0 Å². The molecule has 54 valence electrons. The van der Waals surface area contributed by atoms with Crippen molar-refractivity contribution in [2.45, 2.75) is 19.1 Å². The molecule has 0 bridgehead atoms. The van der Waals surface area contributed by atoms with Crippen molar-refractivity contribution in [1.82, 2.24) is 3.28 Å². The van der Waals surface area contributed by atoms with E-state index < -0.39 is 21.0 Å². The minimum Gasteiger partial charge on any atom is -0.775 e. The molecular formula is C5H9INO2-. The molecule has 0 N–H and O–H groups in total. The van der Waals surface area contributed by atoms with Gasteiger partial charge in [-0.05, 0) is 12.8 Å². The Bertz CT molecular complexity index is 103. The SMILES string of the molecule is C=IN([O-])C1CCCO1. The van der Waals surface area contributed by atoms with E-state index in [-0.39, 0.29) is 6.23 Å². The van der Waals surface area contributed by atoms with E-state index >= 15 is 0 Å². The first-order valence-electron chi connectivity index (χ1n) is 2.81. The van der Waals surface area contributed by atoms with E-state index in [4.69, 9.17) is 4.74 Å². The van der Waals surface area contributed by atoms with Gasteiger partial charge in [-0.3, -0.25) is 0 Å². The van der Waals surface area contributed by atoms with Gasteiger partial charge in [0.05, 0.1) is 0 Å². The molecule has 1 unspecified atom stereocenters. The Morgan fingerprint density at radius 1 is 1.78 bits per heavy atom. The zero-order valence-electron chi connectivity index (χ0n) is 5.05. The van der Waals surface area contributed by atoms with Gasteiger partial charge < -0.3 is 13.2 Å². The summed E-state index contributed by atoms with van der Waals surface area (Å²) >= 11 is -0.566. The third kappa shape index (κ3) is 1.96. The first-order chi connectivity index (χ1) is 4.34. The summed E-state index contributed by atoms with van der Waals surface area (Å²) in [6, 6.07) is 0. The molecule has 4 heteroatoms. The molecule has 1 aliphatic rings. The molecule has 1 fully saturated rings. The van der Waals surface area contributed by atoms with E-state index in [1.54, 1.807) is 0 Å². The molecule has 0 aromatic heterocycles. The van der Waals surface area contributed by atoms with Crippen molar-refractivity contribution in [3.05, 3.63) is 5.21 Å². The lowest BCUT2D eigenvalue weighted by molar-refractivity contribution is 0.0614. The predicted molar refractivity (Wildman–Crippen MR) is 45.3 cm³/mol. The molecule has 1 heterocycles. The highest BCUT2D eigenvalue weighted by Gasteiger charge is 2.14. The third-order valence-electron chi connectivity index (χ3n) is 1.25. The van der Waals surface area contributed by atoms with Crippen LogP contribution in [0.5, 0.6) is 0 Å². The lowest BCUT2D eigenvalue weighted by Gasteiger charge is -2.27. The van der Waals surface area contributed by atoms with Gasteiger partial charge in [0, 0.05) is 6.61 Å². The maximum absolute atomic E-state index is 10.8. The summed E-state index contributed by atoms with van der Waals surface area (Å²) in [5.74, 6) is 0. The van der Waals surface area contributed by atoms with Crippen LogP contribution in [0.15, 0.2) is 0 Å². The van der Waals surface area contributed by atoms with Crippen LogP contribution in [0.2, 0.25) is 0 Å². The molecule has 0 saturated carbocycles. The number of rotatable bonds is 2. The van der Waals surface area contributed by atoms with Gasteiger partial charge in [-0.1, -0.05) is 25.5 Å². The Kier molecular flexibility index (Phi) is 3.03. The summed E-state index contributed by atoms with van der Waals surface area (Å²) < 4.78 is 9.67. The number of nitrogens with zero attached hydrogens (tertiary/aromatic N) is 1. The molecule has 1 aliphatic heterocycles. The predicted octanol–water partition coefficient (Wildman–Crippen LogP) is 1.24. The van der Waals surface area contributed by atoms with Crippen molar-refractivity contribution in [3.63, 3.8) is 0 Å². The lowest BCUT2D eigenvalue weighted by Crippen LogP contribution is -2.19. The summed E-state index contributed by atoms with van der Waals surface area (Å²) in [4.78, 5) is 0. The highest BCUT2D eigenvalue weighted by molar-refractivity contribution is 14.2. The molecule has 0 amide bonds. The zero-order valence-corrected chi connectivity index (χ0v) is 7.20. The van der Waals surface area contributed by atoms with Crippen LogP contribution in [0, 0.1) is 5.21 Å². The monoisotopic (exact) mass is 242 g/mol. The Balaban J connectivity index is 2.32. The molecule has 1 saturated heterocycles. The topological polar surface area (TPSA) is 35.5 Å². The molecule has 0 aliphatic carbocycles. The number of halogens is 1. The van der Waals surface area contributed by atoms with E-state index in [9.17, 15) is 5.21 Å². The molecule has 0 aromatic carbocycles. The fourth-order valence-electron chi connectivity index (χ4n) is 0.798. The summed E-state index contributed by atoms with van der Waals surface area (Å²) in [5, 5.41) is 10.8. The molecule has 3 nitrogen and oxygen atoms in total. The smallest absolute Gasteiger partial charge is 0.107 e. The van der Waals surface area contributed by atoms with Gasteiger partial charge in [-0.2, -0.15) is 0 Å². The highest BCUT2D eigenvalue weighted by Crippen LogP contribution is 2.20. The van der Waals surface area contributed by atoms with Gasteiger partial charge in [0.2, 0.25) is 0 Å². The number of hydroxylamine groups is 1. The van der Waals surface area contributed by atoms with Crippen LogP contribution >= 0.6 is 21.0 Å². The first-order valence-corrected chi connectivity index (χ1v) is 5.30. The summed E-state index contributed by atoms with van der Waals surface area (Å²) in [5.41, 5.74) is 0. The van der Waals surface area contributed by atoms with Crippen LogP contribution in [-0.2, 0) is 4.74 Å². The second-order valence-corrected chi connectivity index (χ2v) is 3.49. The molecule has 0 spiro atoms. The van der Waals surface area contributed by atoms with Crippen molar-refractivity contribution < 1.29 is 4.74 Å². The first kappa shape index (κ1) is 7.59. The number of hydrogen-bond donors (Lipinski definition) is 0. The van der Waals surface area contributed by atoms with Gasteiger partial charge in [-0.25, -0.2) is 0 Å². The molecule has 1 atom stereocenters. The van der Waals surface area contributed by atoms with Gasteiger partial charge in [-0.15, -0.1) is 0 Å². The van der Waals surface area contributed by atoms with Gasteiger partial charge >= 0.3 is 0 Å². The van der Waals surface area contributed by atoms with E-state index in [0.29, 0.717) is 0 Å². The van der Waals surface area contributed by atoms with Crippen LogP contribution in [0.1, 0.15) is 12.8 Å². The van der Waals surface area contributed by atoms with Crippen LogP contribution in [-0.4, -0.2) is 20.6 Å². The summed E-state index contributed by atoms with van der Waals surface area (Å²) in [6.07, 6.45) is 1.75. The van der Waals surface area contributed by atoms with E-state index in [1.165, 1.54) is 0 Å². The van der Waals surface area contributed by atoms with Crippen LogP contribution in [0.4, 0.5) is 0 Å². The van der Waals surface area contributed by atoms with E-state index in [0.717, 1.165) is 22.7 Å². The minimum atomic E-state index is -0.566. The summed E-state index contributed by atoms with van der Waals surface area (Å²) in [6.45, 7) is 0.743. The largest absolute Gasteiger partial charge is 0.775 e. The van der Waals surface area contributed by atoms with Crippen LogP contribution < -0.4 is 0 Å². The Morgan fingerprint density at radius 2 is 2.56 bits per heavy atom. The molecule has 0 radical (unpaired) electrons. The Labute approximate surface area is 64.7 Å². The number of ether oxygens (including phenoxy) is 1. The second-order valence-electron chi connectivity index (χ2n) is 1.86. The van der Waals surface area contributed by atoms with Crippen molar-refractivity contribution in [3.8, 4) is 0 Å². The zero-order chi connectivity index (χ0) is 6.69. The van der Waals surface area contributed by atoms with Gasteiger partial charge in [0.25, 0.3) is 0 Å². The number of hydrogen-bond acceptors (Lipinski definition) is 3. The molecule has 9 heavy (non-hydrogen) atoms. The van der Waals surface area contributed by atoms with Crippen molar-refractivity contribution in [2.75, 3.05) is 6.61 Å². The maximum Gasteiger partial charge on any atom is 0.107 e. The van der Waals surface area contributed by atoms with Crippen LogP contribution in [0.25, 0.3) is 0 Å². The lowest BCUT2D eigenvalue weighted by atomic mass is 10.3. The van der Waals surface area contributed by atoms with E-state index in [1.807, 2.05) is 0 Å². The van der Waals surface area contributed by atoms with Gasteiger partial charge in [0.15, 0.2) is 0 Å². The normalized spacial score (nSPS) is 27.6. The van der Waals surface area contributed by atoms with Crippen molar-refractivity contribution in [1.29, 1.82) is 0 Å². The highest BCUT2D eigenvalue weighted by atomic mass is 127. The summed E-state index contributed by atoms with van der Waals surface area (Å²) in [7, 11) is 0. The fraction of sp³-hybridized carbons (Fsp3) is 0.800. The Hall–Kier alpha value is 0.480. The van der Waals surface area contributed by atoms with Crippen LogP contribution in [0.3, 0.4) is 0 Å². The maximum atomic E-state index is 10.8. The second kappa shape index (κ2) is 3.60. The molecular weight excluding hydrogens is 233 g/mol. The molecule has 1 rings (SSSR count). The quantitative estimate of drug-likeness (QED) is 0.415.